The van der Waals surface area contributed by atoms with Gasteiger partial charge in [0, 0.05) is 4.47 Å². The fourth-order valence-electron chi connectivity index (χ4n) is 2.28. The summed E-state index contributed by atoms with van der Waals surface area (Å²) in [7, 11) is 0. The van der Waals surface area contributed by atoms with E-state index in [0.29, 0.717) is 5.92 Å². The van der Waals surface area contributed by atoms with E-state index >= 15 is 0 Å². The first kappa shape index (κ1) is 12.5. The second kappa shape index (κ2) is 4.75. The first-order chi connectivity index (χ1) is 8.07. The van der Waals surface area contributed by atoms with Crippen LogP contribution in [0.15, 0.2) is 27.7 Å². The largest absolute Gasteiger partial charge is 0.235 e. The third-order valence-electron chi connectivity index (χ3n) is 3.56. The summed E-state index contributed by atoms with van der Waals surface area (Å²) in [5.41, 5.74) is 2.13. The van der Waals surface area contributed by atoms with Crippen LogP contribution in [0.4, 0.5) is 0 Å². The van der Waals surface area contributed by atoms with Crippen LogP contribution in [0.5, 0.6) is 0 Å². The summed E-state index contributed by atoms with van der Waals surface area (Å²) < 4.78 is 1.06. The van der Waals surface area contributed by atoms with Gasteiger partial charge in [-0.05, 0) is 48.4 Å². The lowest BCUT2D eigenvalue weighted by Crippen LogP contribution is -2.32. The number of benzene rings is 1. The Balaban J connectivity index is 2.47. The minimum absolute atomic E-state index is 0.296. The van der Waals surface area contributed by atoms with E-state index in [-0.39, 0.29) is 5.54 Å². The predicted molar refractivity (Wildman–Crippen MR) is 71.9 cm³/mol. The lowest BCUT2D eigenvalue weighted by Gasteiger charge is -2.37. The van der Waals surface area contributed by atoms with Crippen molar-refractivity contribution in [3.8, 4) is 0 Å². The average molecular weight is 294 g/mol. The topological polar surface area (TPSA) is 29.4 Å². The maximum Gasteiger partial charge on any atom is 0.235 e. The van der Waals surface area contributed by atoms with E-state index in [4.69, 9.17) is 0 Å². The molecule has 1 aromatic rings. The number of carbonyl (C=O) groups excluding carboxylic acids is 1. The lowest BCUT2D eigenvalue weighted by atomic mass is 9.72. The van der Waals surface area contributed by atoms with Crippen LogP contribution in [0.25, 0.3) is 0 Å². The number of isocyanates is 1. The van der Waals surface area contributed by atoms with Crippen LogP contribution in [0.3, 0.4) is 0 Å². The highest BCUT2D eigenvalue weighted by molar-refractivity contribution is 9.10. The van der Waals surface area contributed by atoms with Gasteiger partial charge in [-0.25, -0.2) is 4.79 Å². The summed E-state index contributed by atoms with van der Waals surface area (Å²) in [5, 5.41) is 0. The van der Waals surface area contributed by atoms with Gasteiger partial charge < -0.3 is 0 Å². The average Bonchev–Trinajstić information content (AvgIpc) is 2.22. The molecule has 17 heavy (non-hydrogen) atoms. The quantitative estimate of drug-likeness (QED) is 0.604. The highest BCUT2D eigenvalue weighted by Crippen LogP contribution is 2.45. The standard InChI is InChI=1S/C14H16BrNO/c1-10(2)11-6-12(8-13(15)7-11)14(16-9-17)4-3-5-14/h6-8,10H,3-5H2,1-2H3. The molecule has 1 saturated carbocycles. The van der Waals surface area contributed by atoms with Crippen molar-refractivity contribution in [2.45, 2.75) is 44.6 Å². The normalized spacial score (nSPS) is 17.4. The molecule has 0 saturated heterocycles. The molecular weight excluding hydrogens is 278 g/mol. The van der Waals surface area contributed by atoms with Gasteiger partial charge >= 0.3 is 0 Å². The summed E-state index contributed by atoms with van der Waals surface area (Å²) in [6, 6.07) is 6.38. The van der Waals surface area contributed by atoms with Gasteiger partial charge in [0.05, 0.1) is 5.54 Å². The van der Waals surface area contributed by atoms with Crippen LogP contribution in [-0.2, 0) is 10.3 Å². The number of halogens is 1. The van der Waals surface area contributed by atoms with Crippen LogP contribution in [0.1, 0.15) is 50.2 Å². The zero-order valence-corrected chi connectivity index (χ0v) is 11.8. The number of hydrogen-bond acceptors (Lipinski definition) is 2. The predicted octanol–water partition coefficient (Wildman–Crippen LogP) is 4.29. The molecule has 1 aliphatic rings. The van der Waals surface area contributed by atoms with E-state index in [1.54, 1.807) is 6.08 Å². The number of hydrogen-bond donors (Lipinski definition) is 0. The van der Waals surface area contributed by atoms with Crippen LogP contribution < -0.4 is 0 Å². The van der Waals surface area contributed by atoms with Crippen LogP contribution in [0, 0.1) is 0 Å². The molecule has 0 spiro atoms. The van der Waals surface area contributed by atoms with E-state index in [0.717, 1.165) is 29.3 Å². The Hall–Kier alpha value is -0.920. The summed E-state index contributed by atoms with van der Waals surface area (Å²) in [6.07, 6.45) is 4.78. The van der Waals surface area contributed by atoms with E-state index < -0.39 is 0 Å². The minimum Gasteiger partial charge on any atom is -0.211 e. The summed E-state index contributed by atoms with van der Waals surface area (Å²) >= 11 is 3.54. The maximum atomic E-state index is 10.6. The molecule has 0 N–H and O–H groups in total. The van der Waals surface area contributed by atoms with Gasteiger partial charge in [-0.3, -0.25) is 0 Å². The molecule has 1 aliphatic carbocycles. The molecule has 0 amide bonds. The minimum atomic E-state index is -0.296. The van der Waals surface area contributed by atoms with Gasteiger partial charge in [0.25, 0.3) is 0 Å². The molecule has 2 nitrogen and oxygen atoms in total. The number of aliphatic imine (C=N–C) groups is 1. The molecular formula is C14H16BrNO. The Labute approximate surface area is 110 Å². The van der Waals surface area contributed by atoms with E-state index in [9.17, 15) is 4.79 Å². The maximum absolute atomic E-state index is 10.6. The summed E-state index contributed by atoms with van der Waals surface area (Å²) in [4.78, 5) is 14.6. The molecule has 1 fully saturated rings. The second-order valence-electron chi connectivity index (χ2n) is 5.02. The van der Waals surface area contributed by atoms with Crippen LogP contribution in [0.2, 0.25) is 0 Å². The first-order valence-corrected chi connectivity index (χ1v) is 6.77. The molecule has 1 aromatic carbocycles. The molecule has 2 rings (SSSR count). The highest BCUT2D eigenvalue weighted by Gasteiger charge is 2.39. The molecule has 90 valence electrons. The molecule has 0 aromatic heterocycles. The van der Waals surface area contributed by atoms with Crippen molar-refractivity contribution in [3.63, 3.8) is 0 Å². The van der Waals surface area contributed by atoms with E-state index in [2.05, 4.69) is 53.0 Å². The van der Waals surface area contributed by atoms with Crippen LogP contribution >= 0.6 is 15.9 Å². The molecule has 0 aliphatic heterocycles. The van der Waals surface area contributed by atoms with Gasteiger partial charge in [-0.1, -0.05) is 35.8 Å². The third kappa shape index (κ3) is 2.36. The molecule has 0 radical (unpaired) electrons. The molecule has 0 heterocycles. The number of nitrogens with zero attached hydrogens (tertiary/aromatic N) is 1. The Morgan fingerprint density at radius 3 is 2.53 bits per heavy atom. The monoisotopic (exact) mass is 293 g/mol. The lowest BCUT2D eigenvalue weighted by molar-refractivity contribution is 0.255. The summed E-state index contributed by atoms with van der Waals surface area (Å²) in [5.74, 6) is 0.476. The molecule has 0 bridgehead atoms. The second-order valence-corrected chi connectivity index (χ2v) is 5.93. The van der Waals surface area contributed by atoms with Gasteiger partial charge in [-0.2, -0.15) is 4.99 Å². The molecule has 0 unspecified atom stereocenters. The van der Waals surface area contributed by atoms with E-state index in [1.165, 1.54) is 5.56 Å². The third-order valence-corrected chi connectivity index (χ3v) is 4.02. The van der Waals surface area contributed by atoms with Crippen molar-refractivity contribution >= 4 is 22.0 Å². The zero-order valence-electron chi connectivity index (χ0n) is 10.2. The Kier molecular flexibility index (Phi) is 3.50. The van der Waals surface area contributed by atoms with E-state index in [1.807, 2.05) is 0 Å². The van der Waals surface area contributed by atoms with Crippen molar-refractivity contribution in [2.75, 3.05) is 0 Å². The number of rotatable bonds is 3. The Bertz CT molecular complexity index is 471. The van der Waals surface area contributed by atoms with Crippen LogP contribution in [-0.4, -0.2) is 6.08 Å². The van der Waals surface area contributed by atoms with Gasteiger partial charge in [0.15, 0.2) is 0 Å². The van der Waals surface area contributed by atoms with Crippen molar-refractivity contribution in [3.05, 3.63) is 33.8 Å². The highest BCUT2D eigenvalue weighted by atomic mass is 79.9. The smallest absolute Gasteiger partial charge is 0.211 e. The molecule has 0 atom stereocenters. The SMILES string of the molecule is CC(C)c1cc(Br)cc(C2(N=C=O)CCC2)c1. The first-order valence-electron chi connectivity index (χ1n) is 5.97. The zero-order chi connectivity index (χ0) is 12.5. The van der Waals surface area contributed by atoms with Gasteiger partial charge in [0.1, 0.15) is 0 Å². The van der Waals surface area contributed by atoms with Crippen molar-refractivity contribution in [2.24, 2.45) is 4.99 Å². The fraction of sp³-hybridized carbons (Fsp3) is 0.500. The molecule has 3 heteroatoms. The fourth-order valence-corrected chi connectivity index (χ4v) is 2.79. The Morgan fingerprint density at radius 2 is 2.06 bits per heavy atom. The van der Waals surface area contributed by atoms with Gasteiger partial charge in [-0.15, -0.1) is 0 Å². The van der Waals surface area contributed by atoms with Crippen molar-refractivity contribution in [1.82, 2.24) is 0 Å². The Morgan fingerprint density at radius 1 is 1.35 bits per heavy atom. The summed E-state index contributed by atoms with van der Waals surface area (Å²) in [6.45, 7) is 4.34. The van der Waals surface area contributed by atoms with Gasteiger partial charge in [0.2, 0.25) is 6.08 Å². The van der Waals surface area contributed by atoms with Crippen molar-refractivity contribution in [1.29, 1.82) is 0 Å². The van der Waals surface area contributed by atoms with Crippen molar-refractivity contribution < 1.29 is 4.79 Å².